The molecule has 2 aromatic rings. The van der Waals surface area contributed by atoms with Gasteiger partial charge in [0.1, 0.15) is 11.7 Å². The molecule has 0 bridgehead atoms. The largest absolute Gasteiger partial charge is 0.351 e. The molecule has 0 aliphatic carbocycles. The van der Waals surface area contributed by atoms with E-state index in [-0.39, 0.29) is 11.8 Å². The molecule has 2 amide bonds. The molecule has 1 aromatic carbocycles. The molecule has 0 saturated heterocycles. The quantitative estimate of drug-likeness (QED) is 0.379. The summed E-state index contributed by atoms with van der Waals surface area (Å²) < 4.78 is 0. The molecule has 0 aliphatic rings. The number of H-pyrrole nitrogens is 1. The number of aromatic amines is 1. The fourth-order valence-electron chi connectivity index (χ4n) is 2.24. The van der Waals surface area contributed by atoms with E-state index < -0.39 is 11.9 Å². The third-order valence-electron chi connectivity index (χ3n) is 3.25. The van der Waals surface area contributed by atoms with Crippen molar-refractivity contribution < 1.29 is 9.59 Å². The summed E-state index contributed by atoms with van der Waals surface area (Å²) in [6.07, 6.45) is 0.523. The minimum atomic E-state index is -0.645. The normalized spacial score (nSPS) is 12.4. The number of para-hydroxylation sites is 1. The van der Waals surface area contributed by atoms with Gasteiger partial charge in [-0.3, -0.25) is 15.0 Å². The maximum absolute atomic E-state index is 12.3. The van der Waals surface area contributed by atoms with Gasteiger partial charge in [-0.1, -0.05) is 32.0 Å². The summed E-state index contributed by atoms with van der Waals surface area (Å²) in [5.41, 5.74) is 3.40. The number of fused-ring (bicyclic) bond motifs is 1. The number of amides is 2. The molecular weight excluding hydrogens is 268 g/mol. The van der Waals surface area contributed by atoms with Crippen molar-refractivity contribution >= 4 is 22.7 Å². The van der Waals surface area contributed by atoms with E-state index in [1.54, 1.807) is 6.07 Å². The number of hydrogen-bond acceptors (Lipinski definition) is 3. The van der Waals surface area contributed by atoms with E-state index in [0.29, 0.717) is 12.1 Å². The summed E-state index contributed by atoms with van der Waals surface area (Å²) in [6.45, 7) is 3.96. The number of hydrazine groups is 1. The van der Waals surface area contributed by atoms with Gasteiger partial charge in [0.15, 0.2) is 0 Å². The number of aromatic nitrogens is 1. The van der Waals surface area contributed by atoms with Crippen LogP contribution in [0.15, 0.2) is 30.3 Å². The Hall–Kier alpha value is -2.34. The molecule has 6 heteroatoms. The van der Waals surface area contributed by atoms with E-state index >= 15 is 0 Å². The van der Waals surface area contributed by atoms with Crippen LogP contribution in [0.3, 0.4) is 0 Å². The predicted molar refractivity (Wildman–Crippen MR) is 81.3 cm³/mol. The highest BCUT2D eigenvalue weighted by molar-refractivity contribution is 6.00. The first-order valence-corrected chi connectivity index (χ1v) is 6.90. The number of nitrogens with two attached hydrogens (primary N) is 1. The van der Waals surface area contributed by atoms with Gasteiger partial charge >= 0.3 is 0 Å². The monoisotopic (exact) mass is 288 g/mol. The highest BCUT2D eigenvalue weighted by Crippen LogP contribution is 2.15. The van der Waals surface area contributed by atoms with Gasteiger partial charge in [0.25, 0.3) is 11.8 Å². The molecule has 1 atom stereocenters. The van der Waals surface area contributed by atoms with E-state index in [1.165, 1.54) is 0 Å². The van der Waals surface area contributed by atoms with Gasteiger partial charge < -0.3 is 10.3 Å². The second-order valence-corrected chi connectivity index (χ2v) is 5.43. The summed E-state index contributed by atoms with van der Waals surface area (Å²) >= 11 is 0. The maximum atomic E-state index is 12.3. The van der Waals surface area contributed by atoms with Crippen LogP contribution in [0.5, 0.6) is 0 Å². The van der Waals surface area contributed by atoms with Crippen molar-refractivity contribution in [2.24, 2.45) is 11.8 Å². The molecule has 1 heterocycles. The van der Waals surface area contributed by atoms with Crippen LogP contribution in [0, 0.1) is 5.92 Å². The van der Waals surface area contributed by atoms with Crippen molar-refractivity contribution in [3.05, 3.63) is 36.0 Å². The first kappa shape index (κ1) is 15.1. The molecule has 5 N–H and O–H groups in total. The molecule has 0 unspecified atom stereocenters. The van der Waals surface area contributed by atoms with Crippen LogP contribution in [-0.2, 0) is 4.79 Å². The zero-order valence-electron chi connectivity index (χ0n) is 12.1. The lowest BCUT2D eigenvalue weighted by atomic mass is 10.0. The van der Waals surface area contributed by atoms with Crippen LogP contribution < -0.4 is 16.6 Å². The molecular formula is C15H20N4O2. The number of hydrogen-bond donors (Lipinski definition) is 4. The van der Waals surface area contributed by atoms with Crippen molar-refractivity contribution in [2.75, 3.05) is 0 Å². The lowest BCUT2D eigenvalue weighted by Gasteiger charge is -2.18. The standard InChI is InChI=1S/C15H20N4O2/c1-9(2)7-12(15(21)19-16)18-14(20)13-8-10-5-3-4-6-11(10)17-13/h3-6,8-9,12,17H,7,16H2,1-2H3,(H,18,20)(H,19,21)/t12-/m0/s1. The SMILES string of the molecule is CC(C)C[C@H](NC(=O)c1cc2ccccc2[nH]1)C(=O)NN. The van der Waals surface area contributed by atoms with Gasteiger partial charge in [0, 0.05) is 10.9 Å². The Labute approximate surface area is 123 Å². The van der Waals surface area contributed by atoms with E-state index in [0.717, 1.165) is 10.9 Å². The fourth-order valence-corrected chi connectivity index (χ4v) is 2.24. The third-order valence-corrected chi connectivity index (χ3v) is 3.25. The molecule has 0 saturated carbocycles. The summed E-state index contributed by atoms with van der Waals surface area (Å²) in [7, 11) is 0. The average Bonchev–Trinajstić information content (AvgIpc) is 2.89. The minimum absolute atomic E-state index is 0.260. The predicted octanol–water partition coefficient (Wildman–Crippen LogP) is 1.30. The molecule has 6 nitrogen and oxygen atoms in total. The zero-order chi connectivity index (χ0) is 15.4. The van der Waals surface area contributed by atoms with Crippen LogP contribution in [0.1, 0.15) is 30.8 Å². The molecule has 21 heavy (non-hydrogen) atoms. The summed E-state index contributed by atoms with van der Waals surface area (Å²) in [5.74, 6) is 4.71. The zero-order valence-corrected chi connectivity index (χ0v) is 12.1. The Morgan fingerprint density at radius 1 is 1.29 bits per heavy atom. The molecule has 0 radical (unpaired) electrons. The number of carbonyl (C=O) groups excluding carboxylic acids is 2. The van der Waals surface area contributed by atoms with Gasteiger partial charge in [-0.2, -0.15) is 0 Å². The summed E-state index contributed by atoms with van der Waals surface area (Å²) in [6, 6.07) is 8.72. The van der Waals surface area contributed by atoms with Crippen LogP contribution in [-0.4, -0.2) is 22.8 Å². The lowest BCUT2D eigenvalue weighted by Crippen LogP contribution is -2.49. The number of benzene rings is 1. The van der Waals surface area contributed by atoms with Crippen LogP contribution >= 0.6 is 0 Å². The van der Waals surface area contributed by atoms with Crippen molar-refractivity contribution in [3.8, 4) is 0 Å². The number of rotatable bonds is 5. The average molecular weight is 288 g/mol. The smallest absolute Gasteiger partial charge is 0.268 e. The number of carbonyl (C=O) groups is 2. The first-order valence-electron chi connectivity index (χ1n) is 6.90. The Balaban J connectivity index is 2.15. The van der Waals surface area contributed by atoms with E-state index in [4.69, 9.17) is 5.84 Å². The summed E-state index contributed by atoms with van der Waals surface area (Å²) in [4.78, 5) is 27.0. The highest BCUT2D eigenvalue weighted by atomic mass is 16.2. The van der Waals surface area contributed by atoms with E-state index in [1.807, 2.05) is 38.1 Å². The third kappa shape index (κ3) is 3.61. The van der Waals surface area contributed by atoms with Gasteiger partial charge in [0.2, 0.25) is 0 Å². The van der Waals surface area contributed by atoms with Gasteiger partial charge in [-0.05, 0) is 24.5 Å². The van der Waals surface area contributed by atoms with Crippen molar-refractivity contribution in [1.29, 1.82) is 0 Å². The van der Waals surface area contributed by atoms with E-state index in [2.05, 4.69) is 15.7 Å². The Morgan fingerprint density at radius 3 is 2.62 bits per heavy atom. The van der Waals surface area contributed by atoms with Gasteiger partial charge in [-0.25, -0.2) is 5.84 Å². The second-order valence-electron chi connectivity index (χ2n) is 5.43. The molecule has 112 valence electrons. The van der Waals surface area contributed by atoms with Crippen LogP contribution in [0.4, 0.5) is 0 Å². The lowest BCUT2D eigenvalue weighted by molar-refractivity contribution is -0.123. The Morgan fingerprint density at radius 2 is 2.00 bits per heavy atom. The van der Waals surface area contributed by atoms with Crippen LogP contribution in [0.2, 0.25) is 0 Å². The molecule has 2 rings (SSSR count). The Kier molecular flexibility index (Phi) is 4.59. The molecule has 0 aliphatic heterocycles. The van der Waals surface area contributed by atoms with Crippen molar-refractivity contribution in [2.45, 2.75) is 26.3 Å². The first-order chi connectivity index (χ1) is 10.0. The van der Waals surface area contributed by atoms with Crippen LogP contribution in [0.25, 0.3) is 10.9 Å². The maximum Gasteiger partial charge on any atom is 0.268 e. The van der Waals surface area contributed by atoms with E-state index in [9.17, 15) is 9.59 Å². The van der Waals surface area contributed by atoms with Gasteiger partial charge in [-0.15, -0.1) is 0 Å². The Bertz CT molecular complexity index is 615. The molecule has 0 fully saturated rings. The second kappa shape index (κ2) is 6.41. The number of nitrogens with one attached hydrogen (secondary N) is 3. The summed E-state index contributed by atoms with van der Waals surface area (Å²) in [5, 5.41) is 3.66. The highest BCUT2D eigenvalue weighted by Gasteiger charge is 2.22. The van der Waals surface area contributed by atoms with Crippen molar-refractivity contribution in [1.82, 2.24) is 15.7 Å². The fraction of sp³-hybridized carbons (Fsp3) is 0.333. The van der Waals surface area contributed by atoms with Crippen molar-refractivity contribution in [3.63, 3.8) is 0 Å². The topological polar surface area (TPSA) is 100 Å². The molecule has 1 aromatic heterocycles. The minimum Gasteiger partial charge on any atom is -0.351 e. The molecule has 0 spiro atoms. The van der Waals surface area contributed by atoms with Gasteiger partial charge in [0.05, 0.1) is 0 Å².